The van der Waals surface area contributed by atoms with Gasteiger partial charge in [-0.05, 0) is 0 Å². The molecule has 60 valence electrons. The van der Waals surface area contributed by atoms with Crippen LogP contribution in [-0.2, 0) is 7.05 Å². The molecule has 4 N–H and O–H groups in total. The number of rotatable bonds is 1. The Kier molecular flexibility index (Phi) is 1.67. The number of H-pyrrole nitrogens is 1. The van der Waals surface area contributed by atoms with Crippen molar-refractivity contribution in [2.24, 2.45) is 17.9 Å². The Balaban J connectivity index is 3.18. The Hall–Kier alpha value is -1.72. The van der Waals surface area contributed by atoms with Crippen LogP contribution in [0.4, 0.5) is 0 Å². The molecule has 1 heterocycles. The number of hydrogen-bond donors (Lipinski definition) is 3. The van der Waals surface area contributed by atoms with Crippen molar-refractivity contribution in [3.05, 3.63) is 22.1 Å². The van der Waals surface area contributed by atoms with Crippen molar-refractivity contribution in [1.82, 2.24) is 9.78 Å². The Bertz CT molecular complexity index is 334. The van der Waals surface area contributed by atoms with E-state index in [-0.39, 0.29) is 11.4 Å². The van der Waals surface area contributed by atoms with E-state index in [2.05, 4.69) is 10.3 Å². The second-order valence-electron chi connectivity index (χ2n) is 2.05. The van der Waals surface area contributed by atoms with Gasteiger partial charge in [-0.2, -0.15) is 0 Å². The van der Waals surface area contributed by atoms with Crippen LogP contribution in [0, 0.1) is 0 Å². The second kappa shape index (κ2) is 2.49. The third-order valence-electron chi connectivity index (χ3n) is 1.27. The fraction of sp³-hybridized carbons (Fsp3) is 0.200. The molecule has 0 amide bonds. The number of aryl methyl sites for hydroxylation is 1. The first-order valence-corrected chi connectivity index (χ1v) is 2.89. The molecule has 0 bridgehead atoms. The zero-order valence-electron chi connectivity index (χ0n) is 5.90. The Morgan fingerprint density at radius 2 is 2.55 bits per heavy atom. The SMILES string of the molecule is Cn1[nH]c(/C(N)=N\O)cc1=O. The fourth-order valence-electron chi connectivity index (χ4n) is 0.673. The molecule has 0 aliphatic carbocycles. The highest BCUT2D eigenvalue weighted by Gasteiger charge is 2.02. The molecule has 6 heteroatoms. The molecule has 0 spiro atoms. The lowest BCUT2D eigenvalue weighted by Crippen LogP contribution is -2.14. The van der Waals surface area contributed by atoms with Gasteiger partial charge in [0, 0.05) is 13.1 Å². The normalized spacial score (nSPS) is 11.9. The molecule has 1 aromatic rings. The highest BCUT2D eigenvalue weighted by Crippen LogP contribution is 1.86. The first-order valence-electron chi connectivity index (χ1n) is 2.89. The summed E-state index contributed by atoms with van der Waals surface area (Å²) in [6.45, 7) is 0. The predicted molar refractivity (Wildman–Crippen MR) is 38.5 cm³/mol. The van der Waals surface area contributed by atoms with E-state index in [0.29, 0.717) is 5.69 Å². The summed E-state index contributed by atoms with van der Waals surface area (Å²) in [4.78, 5) is 10.8. The van der Waals surface area contributed by atoms with Crippen LogP contribution in [0.2, 0.25) is 0 Å². The minimum absolute atomic E-state index is 0.109. The maximum absolute atomic E-state index is 10.8. The minimum Gasteiger partial charge on any atom is -0.409 e. The summed E-state index contributed by atoms with van der Waals surface area (Å²) >= 11 is 0. The largest absolute Gasteiger partial charge is 0.409 e. The molecule has 11 heavy (non-hydrogen) atoms. The van der Waals surface area contributed by atoms with Crippen LogP contribution in [-0.4, -0.2) is 20.8 Å². The predicted octanol–water partition coefficient (Wildman–Crippen LogP) is -1.19. The summed E-state index contributed by atoms with van der Waals surface area (Å²) < 4.78 is 1.23. The lowest BCUT2D eigenvalue weighted by Gasteiger charge is -1.90. The van der Waals surface area contributed by atoms with Gasteiger partial charge < -0.3 is 10.9 Å². The Morgan fingerprint density at radius 3 is 2.91 bits per heavy atom. The zero-order valence-corrected chi connectivity index (χ0v) is 5.90. The van der Waals surface area contributed by atoms with Crippen molar-refractivity contribution in [3.8, 4) is 0 Å². The van der Waals surface area contributed by atoms with Gasteiger partial charge in [0.2, 0.25) is 0 Å². The average Bonchev–Trinajstić information content (AvgIpc) is 2.31. The molecular formula is C5H8N4O2. The Labute approximate surface area is 61.9 Å². The summed E-state index contributed by atoms with van der Waals surface area (Å²) in [5, 5.41) is 13.5. The number of nitrogens with one attached hydrogen (secondary N) is 1. The van der Waals surface area contributed by atoms with Gasteiger partial charge in [0.25, 0.3) is 5.56 Å². The van der Waals surface area contributed by atoms with Gasteiger partial charge in [0.05, 0.1) is 0 Å². The quantitative estimate of drug-likeness (QED) is 0.206. The summed E-state index contributed by atoms with van der Waals surface area (Å²) in [7, 11) is 1.54. The minimum atomic E-state index is -0.230. The van der Waals surface area contributed by atoms with E-state index in [4.69, 9.17) is 10.9 Å². The lowest BCUT2D eigenvalue weighted by molar-refractivity contribution is 0.318. The number of oxime groups is 1. The molecule has 0 unspecified atom stereocenters. The number of aromatic nitrogens is 2. The molecule has 0 saturated heterocycles. The van der Waals surface area contributed by atoms with Gasteiger partial charge in [0.15, 0.2) is 5.84 Å². The van der Waals surface area contributed by atoms with E-state index in [0.717, 1.165) is 0 Å². The van der Waals surface area contributed by atoms with E-state index < -0.39 is 0 Å². The summed E-state index contributed by atoms with van der Waals surface area (Å²) in [5.41, 5.74) is 5.27. The van der Waals surface area contributed by atoms with Gasteiger partial charge in [-0.3, -0.25) is 14.6 Å². The van der Waals surface area contributed by atoms with Crippen LogP contribution >= 0.6 is 0 Å². The smallest absolute Gasteiger partial charge is 0.266 e. The number of aromatic amines is 1. The Morgan fingerprint density at radius 1 is 1.91 bits per heavy atom. The first-order chi connectivity index (χ1) is 5.15. The standard InChI is InChI=1S/C5H8N4O2/c1-9-4(10)2-3(7-9)5(6)8-11/h2,7,11H,1H3,(H2,6,8). The second-order valence-corrected chi connectivity index (χ2v) is 2.05. The van der Waals surface area contributed by atoms with Crippen LogP contribution in [0.5, 0.6) is 0 Å². The van der Waals surface area contributed by atoms with E-state index >= 15 is 0 Å². The van der Waals surface area contributed by atoms with Crippen LogP contribution in [0.3, 0.4) is 0 Å². The van der Waals surface area contributed by atoms with Gasteiger partial charge >= 0.3 is 0 Å². The van der Waals surface area contributed by atoms with Gasteiger partial charge in [-0.15, -0.1) is 0 Å². The van der Waals surface area contributed by atoms with E-state index in [1.807, 2.05) is 0 Å². The van der Waals surface area contributed by atoms with Gasteiger partial charge in [-0.1, -0.05) is 5.16 Å². The van der Waals surface area contributed by atoms with Crippen molar-refractivity contribution in [2.75, 3.05) is 0 Å². The maximum atomic E-state index is 10.8. The van der Waals surface area contributed by atoms with Crippen molar-refractivity contribution in [1.29, 1.82) is 0 Å². The maximum Gasteiger partial charge on any atom is 0.266 e. The van der Waals surface area contributed by atoms with E-state index in [1.54, 1.807) is 0 Å². The molecule has 6 nitrogen and oxygen atoms in total. The van der Waals surface area contributed by atoms with Crippen LogP contribution in [0.15, 0.2) is 16.0 Å². The highest BCUT2D eigenvalue weighted by atomic mass is 16.4. The number of nitrogens with zero attached hydrogens (tertiary/aromatic N) is 2. The molecule has 1 aromatic heterocycles. The van der Waals surface area contributed by atoms with E-state index in [9.17, 15) is 4.79 Å². The van der Waals surface area contributed by atoms with Crippen molar-refractivity contribution >= 4 is 5.84 Å². The van der Waals surface area contributed by atoms with Gasteiger partial charge in [0.1, 0.15) is 5.69 Å². The molecule has 0 saturated carbocycles. The number of amidine groups is 1. The molecule has 0 fully saturated rings. The van der Waals surface area contributed by atoms with Crippen LogP contribution in [0.25, 0.3) is 0 Å². The van der Waals surface area contributed by atoms with Crippen molar-refractivity contribution in [3.63, 3.8) is 0 Å². The number of nitrogens with two attached hydrogens (primary N) is 1. The molecule has 0 aromatic carbocycles. The summed E-state index contributed by atoms with van der Waals surface area (Å²) in [6, 6.07) is 1.25. The third kappa shape index (κ3) is 1.23. The summed E-state index contributed by atoms with van der Waals surface area (Å²) in [5.74, 6) is -0.109. The topological polar surface area (TPSA) is 96.4 Å². The number of hydrogen-bond acceptors (Lipinski definition) is 3. The average molecular weight is 156 g/mol. The lowest BCUT2D eigenvalue weighted by atomic mass is 10.4. The van der Waals surface area contributed by atoms with Crippen LogP contribution < -0.4 is 11.3 Å². The van der Waals surface area contributed by atoms with Crippen molar-refractivity contribution in [2.45, 2.75) is 0 Å². The summed E-state index contributed by atoms with van der Waals surface area (Å²) in [6.07, 6.45) is 0. The molecule has 0 aliphatic rings. The molecule has 1 rings (SSSR count). The highest BCUT2D eigenvalue weighted by molar-refractivity contribution is 5.94. The molecule has 0 radical (unpaired) electrons. The van der Waals surface area contributed by atoms with Crippen LogP contribution in [0.1, 0.15) is 5.69 Å². The molecule has 0 aliphatic heterocycles. The van der Waals surface area contributed by atoms with E-state index in [1.165, 1.54) is 17.8 Å². The van der Waals surface area contributed by atoms with Gasteiger partial charge in [-0.25, -0.2) is 0 Å². The zero-order chi connectivity index (χ0) is 8.43. The van der Waals surface area contributed by atoms with Crippen molar-refractivity contribution < 1.29 is 5.21 Å². The molecule has 0 atom stereocenters. The molecular weight excluding hydrogens is 148 g/mol. The third-order valence-corrected chi connectivity index (χ3v) is 1.27. The first kappa shape index (κ1) is 7.39. The monoisotopic (exact) mass is 156 g/mol. The fourth-order valence-corrected chi connectivity index (χ4v) is 0.673.